The maximum Gasteiger partial charge on any atom is 0.164 e. The second-order valence-electron chi connectivity index (χ2n) is 8.89. The summed E-state index contributed by atoms with van der Waals surface area (Å²) in [5.74, 6) is 2.23. The van der Waals surface area contributed by atoms with Gasteiger partial charge in [0.05, 0.1) is 16.9 Å². The summed E-state index contributed by atoms with van der Waals surface area (Å²) in [6, 6.07) is 14.4. The van der Waals surface area contributed by atoms with Crippen LogP contribution in [0.2, 0.25) is 0 Å². The van der Waals surface area contributed by atoms with E-state index in [1.807, 2.05) is 18.2 Å². The number of fused-ring (bicyclic) bond motifs is 1. The van der Waals surface area contributed by atoms with E-state index in [1.54, 1.807) is 23.7 Å². The molecule has 0 saturated carbocycles. The highest BCUT2D eigenvalue weighted by Crippen LogP contribution is 2.39. The highest BCUT2D eigenvalue weighted by atomic mass is 32.2. The summed E-state index contributed by atoms with van der Waals surface area (Å²) in [5, 5.41) is 3.26. The minimum atomic E-state index is -2.88. The molecule has 6 rings (SSSR count). The van der Waals surface area contributed by atoms with Crippen molar-refractivity contribution in [1.82, 2.24) is 19.9 Å². The Labute approximate surface area is 203 Å². The molecule has 3 aromatic heterocycles. The molecule has 2 fully saturated rings. The van der Waals surface area contributed by atoms with Crippen LogP contribution in [-0.4, -0.2) is 72.0 Å². The van der Waals surface area contributed by atoms with Crippen LogP contribution < -0.4 is 4.90 Å². The van der Waals surface area contributed by atoms with Crippen LogP contribution in [0.25, 0.3) is 32.7 Å². The molecule has 1 atom stereocenters. The first-order valence-electron chi connectivity index (χ1n) is 11.5. The normalized spacial score (nSPS) is 20.7. The summed E-state index contributed by atoms with van der Waals surface area (Å²) < 4.78 is 23.9. The van der Waals surface area contributed by atoms with Crippen LogP contribution in [-0.2, 0) is 9.84 Å². The van der Waals surface area contributed by atoms with Gasteiger partial charge >= 0.3 is 0 Å². The second kappa shape index (κ2) is 8.72. The van der Waals surface area contributed by atoms with Gasteiger partial charge in [-0.2, -0.15) is 0 Å². The Bertz CT molecular complexity index is 1420. The van der Waals surface area contributed by atoms with Gasteiger partial charge in [0, 0.05) is 61.1 Å². The number of hydrogen-bond acceptors (Lipinski definition) is 8. The predicted molar refractivity (Wildman–Crippen MR) is 137 cm³/mol. The molecule has 9 heteroatoms. The summed E-state index contributed by atoms with van der Waals surface area (Å²) in [6.07, 6.45) is 4.30. The third kappa shape index (κ3) is 4.08. The van der Waals surface area contributed by atoms with Crippen molar-refractivity contribution in [2.75, 3.05) is 42.6 Å². The fourth-order valence-corrected chi connectivity index (χ4v) is 7.67. The number of piperazine rings is 1. The molecule has 0 N–H and O–H groups in total. The van der Waals surface area contributed by atoms with Gasteiger partial charge in [-0.3, -0.25) is 9.88 Å². The molecule has 5 heterocycles. The summed E-state index contributed by atoms with van der Waals surface area (Å²) in [5.41, 5.74) is 3.20. The van der Waals surface area contributed by atoms with E-state index in [1.165, 1.54) is 0 Å². The van der Waals surface area contributed by atoms with Gasteiger partial charge in [0.2, 0.25) is 0 Å². The van der Waals surface area contributed by atoms with E-state index in [0.29, 0.717) is 17.3 Å². The third-order valence-corrected chi connectivity index (χ3v) is 9.38. The topological polar surface area (TPSA) is 79.3 Å². The molecule has 0 spiro atoms. The Morgan fingerprint density at radius 3 is 2.44 bits per heavy atom. The molecule has 2 aliphatic rings. The predicted octanol–water partition coefficient (Wildman–Crippen LogP) is 3.73. The fourth-order valence-electron chi connectivity index (χ4n) is 4.97. The van der Waals surface area contributed by atoms with Crippen LogP contribution in [0.4, 0.5) is 5.82 Å². The number of aromatic nitrogens is 3. The lowest BCUT2D eigenvalue weighted by Crippen LogP contribution is -2.51. The highest BCUT2D eigenvalue weighted by molar-refractivity contribution is 7.91. The van der Waals surface area contributed by atoms with Crippen molar-refractivity contribution in [3.8, 4) is 22.5 Å². The van der Waals surface area contributed by atoms with E-state index in [2.05, 4.69) is 44.4 Å². The van der Waals surface area contributed by atoms with Gasteiger partial charge < -0.3 is 4.90 Å². The maximum atomic E-state index is 12.0. The Kier molecular flexibility index (Phi) is 5.55. The zero-order valence-corrected chi connectivity index (χ0v) is 20.3. The van der Waals surface area contributed by atoms with E-state index >= 15 is 0 Å². The quantitative estimate of drug-likeness (QED) is 0.430. The number of sulfone groups is 1. The smallest absolute Gasteiger partial charge is 0.164 e. The molecule has 2 saturated heterocycles. The van der Waals surface area contributed by atoms with Gasteiger partial charge in [0.25, 0.3) is 0 Å². The van der Waals surface area contributed by atoms with Crippen molar-refractivity contribution < 1.29 is 8.42 Å². The van der Waals surface area contributed by atoms with Gasteiger partial charge in [0.1, 0.15) is 10.6 Å². The number of nitrogens with zero attached hydrogens (tertiary/aromatic N) is 5. The molecule has 174 valence electrons. The number of rotatable bonds is 4. The largest absolute Gasteiger partial charge is 0.353 e. The van der Waals surface area contributed by atoms with Crippen LogP contribution in [0.1, 0.15) is 6.42 Å². The standard InChI is InChI=1S/C25H25N5O2S2/c31-34(32)14-8-20(17-34)29-10-12-30(13-11-29)24-22-21(18-5-2-1-3-6-18)16-33-25(22)28-23(27-24)19-7-4-9-26-15-19/h1-7,9,15-16,20H,8,10-14,17H2. The van der Waals surface area contributed by atoms with Gasteiger partial charge in [-0.05, 0) is 24.1 Å². The minimum Gasteiger partial charge on any atom is -0.353 e. The number of hydrogen-bond donors (Lipinski definition) is 0. The zero-order chi connectivity index (χ0) is 23.1. The van der Waals surface area contributed by atoms with Crippen LogP contribution in [0, 0.1) is 0 Å². The summed E-state index contributed by atoms with van der Waals surface area (Å²) >= 11 is 1.64. The monoisotopic (exact) mass is 491 g/mol. The first-order valence-corrected chi connectivity index (χ1v) is 14.2. The van der Waals surface area contributed by atoms with Crippen LogP contribution in [0.3, 0.4) is 0 Å². The molecule has 7 nitrogen and oxygen atoms in total. The summed E-state index contributed by atoms with van der Waals surface area (Å²) in [4.78, 5) is 19.9. The molecule has 0 aliphatic carbocycles. The minimum absolute atomic E-state index is 0.143. The average Bonchev–Trinajstić information content (AvgIpc) is 3.47. The highest BCUT2D eigenvalue weighted by Gasteiger charge is 2.34. The van der Waals surface area contributed by atoms with Crippen molar-refractivity contribution in [3.05, 3.63) is 60.2 Å². The third-order valence-electron chi connectivity index (χ3n) is 6.76. The molecule has 34 heavy (non-hydrogen) atoms. The van der Waals surface area contributed by atoms with Gasteiger partial charge in [0.15, 0.2) is 15.7 Å². The van der Waals surface area contributed by atoms with Crippen molar-refractivity contribution in [3.63, 3.8) is 0 Å². The number of benzene rings is 1. The number of thiophene rings is 1. The Hall–Kier alpha value is -2.88. The number of pyridine rings is 1. The first-order chi connectivity index (χ1) is 16.6. The Morgan fingerprint density at radius 1 is 0.941 bits per heavy atom. The lowest BCUT2D eigenvalue weighted by molar-refractivity contribution is 0.200. The van der Waals surface area contributed by atoms with Crippen molar-refractivity contribution >= 4 is 37.2 Å². The van der Waals surface area contributed by atoms with Crippen LogP contribution in [0.15, 0.2) is 60.2 Å². The first kappa shape index (κ1) is 21.6. The molecule has 0 amide bonds. The SMILES string of the molecule is O=S1(=O)CCC(N2CCN(c3nc(-c4cccnc4)nc4scc(-c5ccccc5)c34)CC2)C1. The lowest BCUT2D eigenvalue weighted by Gasteiger charge is -2.38. The molecule has 1 unspecified atom stereocenters. The fraction of sp³-hybridized carbons (Fsp3) is 0.320. The second-order valence-corrected chi connectivity index (χ2v) is 12.0. The molecular formula is C25H25N5O2S2. The van der Waals surface area contributed by atoms with Crippen molar-refractivity contribution in [2.45, 2.75) is 12.5 Å². The molecule has 4 aromatic rings. The number of anilines is 1. The van der Waals surface area contributed by atoms with E-state index in [4.69, 9.17) is 9.97 Å². The summed E-state index contributed by atoms with van der Waals surface area (Å²) in [6.45, 7) is 3.27. The van der Waals surface area contributed by atoms with E-state index in [0.717, 1.165) is 65.3 Å². The molecule has 0 radical (unpaired) electrons. The van der Waals surface area contributed by atoms with Gasteiger partial charge in [-0.15, -0.1) is 11.3 Å². The lowest BCUT2D eigenvalue weighted by atomic mass is 10.1. The van der Waals surface area contributed by atoms with Crippen LogP contribution >= 0.6 is 11.3 Å². The average molecular weight is 492 g/mol. The van der Waals surface area contributed by atoms with Crippen LogP contribution in [0.5, 0.6) is 0 Å². The zero-order valence-electron chi connectivity index (χ0n) is 18.7. The van der Waals surface area contributed by atoms with Crippen molar-refractivity contribution in [1.29, 1.82) is 0 Å². The Balaban J connectivity index is 1.38. The molecular weight excluding hydrogens is 466 g/mol. The van der Waals surface area contributed by atoms with E-state index in [-0.39, 0.29) is 6.04 Å². The van der Waals surface area contributed by atoms with Gasteiger partial charge in [-0.25, -0.2) is 18.4 Å². The summed E-state index contributed by atoms with van der Waals surface area (Å²) in [7, 11) is -2.88. The maximum absolute atomic E-state index is 12.0. The Morgan fingerprint density at radius 2 is 1.74 bits per heavy atom. The molecule has 0 bridgehead atoms. The van der Waals surface area contributed by atoms with Gasteiger partial charge in [-0.1, -0.05) is 30.3 Å². The van der Waals surface area contributed by atoms with E-state index < -0.39 is 9.84 Å². The molecule has 1 aromatic carbocycles. The molecule has 2 aliphatic heterocycles. The van der Waals surface area contributed by atoms with Crippen molar-refractivity contribution in [2.24, 2.45) is 0 Å². The van der Waals surface area contributed by atoms with E-state index in [9.17, 15) is 8.42 Å².